The quantitative estimate of drug-likeness (QED) is 0.724. The van der Waals surface area contributed by atoms with Gasteiger partial charge in [-0.2, -0.15) is 5.10 Å². The lowest BCUT2D eigenvalue weighted by molar-refractivity contribution is -0.142. The number of nitrogens with one attached hydrogen (secondary N) is 2. The fourth-order valence-corrected chi connectivity index (χ4v) is 2.81. The van der Waals surface area contributed by atoms with Gasteiger partial charge in [-0.05, 0) is 37.1 Å². The molecule has 2 aromatic carbocycles. The maximum Gasteiger partial charge on any atom is 0.256 e. The average molecular weight is 341 g/mol. The van der Waals surface area contributed by atoms with Crippen molar-refractivity contribution in [2.24, 2.45) is 0 Å². The minimum atomic E-state index is -1.38. The molecule has 25 heavy (non-hydrogen) atoms. The fourth-order valence-electron chi connectivity index (χ4n) is 2.81. The van der Waals surface area contributed by atoms with Crippen LogP contribution in [0.5, 0.6) is 0 Å². The number of carbonyl (C=O) groups is 1. The molecular formula is C19H20FN3O2. The number of aromatic amines is 1. The number of fused-ring (bicyclic) bond motifs is 1. The topological polar surface area (TPSA) is 67.0 Å². The minimum Gasteiger partial charge on any atom is -0.364 e. The molecule has 1 amide bonds. The summed E-state index contributed by atoms with van der Waals surface area (Å²) in [6, 6.07) is 12.1. The van der Waals surface area contributed by atoms with Gasteiger partial charge in [0.1, 0.15) is 5.82 Å². The van der Waals surface area contributed by atoms with E-state index in [1.165, 1.54) is 13.2 Å². The number of nitrogens with zero attached hydrogens (tertiary/aromatic N) is 1. The van der Waals surface area contributed by atoms with Gasteiger partial charge in [-0.1, -0.05) is 24.3 Å². The van der Waals surface area contributed by atoms with Gasteiger partial charge in [0, 0.05) is 24.6 Å². The van der Waals surface area contributed by atoms with Crippen LogP contribution < -0.4 is 5.32 Å². The van der Waals surface area contributed by atoms with Crippen LogP contribution in [-0.4, -0.2) is 29.8 Å². The number of hydrogen-bond donors (Lipinski definition) is 2. The van der Waals surface area contributed by atoms with E-state index in [-0.39, 0.29) is 11.5 Å². The number of methoxy groups -OCH3 is 1. The van der Waals surface area contributed by atoms with Crippen LogP contribution in [0.15, 0.2) is 48.7 Å². The normalized spacial score (nSPS) is 13.6. The van der Waals surface area contributed by atoms with E-state index in [1.807, 2.05) is 18.2 Å². The number of carbonyl (C=O) groups excluding carboxylic acids is 1. The summed E-state index contributed by atoms with van der Waals surface area (Å²) in [4.78, 5) is 12.6. The summed E-state index contributed by atoms with van der Waals surface area (Å²) in [5, 5.41) is 10.8. The predicted octanol–water partition coefficient (Wildman–Crippen LogP) is 2.92. The molecule has 2 N–H and O–H groups in total. The largest absolute Gasteiger partial charge is 0.364 e. The first-order valence-electron chi connectivity index (χ1n) is 8.05. The Morgan fingerprint density at radius 1 is 1.32 bits per heavy atom. The van der Waals surface area contributed by atoms with Crippen LogP contribution >= 0.6 is 0 Å². The molecule has 6 heteroatoms. The van der Waals surface area contributed by atoms with Crippen LogP contribution in [0.3, 0.4) is 0 Å². The maximum atomic E-state index is 14.1. The molecule has 1 heterocycles. The first-order chi connectivity index (χ1) is 12.0. The SMILES string of the molecule is COC(C)(C(=O)NCCc1ccc2[nH]ncc2c1)c1ccccc1F. The highest BCUT2D eigenvalue weighted by molar-refractivity contribution is 5.86. The molecule has 3 aromatic rings. The molecule has 5 nitrogen and oxygen atoms in total. The van der Waals surface area contributed by atoms with Crippen molar-refractivity contribution in [3.63, 3.8) is 0 Å². The van der Waals surface area contributed by atoms with Crippen molar-refractivity contribution in [1.29, 1.82) is 0 Å². The Labute approximate surface area is 145 Å². The van der Waals surface area contributed by atoms with Crippen LogP contribution in [0.2, 0.25) is 0 Å². The lowest BCUT2D eigenvalue weighted by Crippen LogP contribution is -2.44. The molecule has 0 aliphatic carbocycles. The molecule has 0 radical (unpaired) electrons. The standard InChI is InChI=1S/C19H20FN3O2/c1-19(25-2,15-5-3-4-6-16(15)20)18(24)21-10-9-13-7-8-17-14(11-13)12-22-23-17/h3-8,11-12H,9-10H2,1-2H3,(H,21,24)(H,22,23). The van der Waals surface area contributed by atoms with Gasteiger partial charge < -0.3 is 10.1 Å². The monoisotopic (exact) mass is 341 g/mol. The maximum absolute atomic E-state index is 14.1. The minimum absolute atomic E-state index is 0.217. The number of ether oxygens (including phenoxy) is 1. The van der Waals surface area contributed by atoms with Gasteiger partial charge in [-0.15, -0.1) is 0 Å². The summed E-state index contributed by atoms with van der Waals surface area (Å²) in [6.07, 6.45) is 2.42. The van der Waals surface area contributed by atoms with Crippen molar-refractivity contribution in [2.45, 2.75) is 18.9 Å². The van der Waals surface area contributed by atoms with Crippen molar-refractivity contribution in [2.75, 3.05) is 13.7 Å². The summed E-state index contributed by atoms with van der Waals surface area (Å²) in [6.45, 7) is 1.99. The van der Waals surface area contributed by atoms with Crippen LogP contribution in [0.25, 0.3) is 10.9 Å². The van der Waals surface area contributed by atoms with Crippen molar-refractivity contribution in [3.05, 3.63) is 65.6 Å². The number of benzene rings is 2. The van der Waals surface area contributed by atoms with Crippen LogP contribution in [0.4, 0.5) is 4.39 Å². The van der Waals surface area contributed by atoms with Crippen LogP contribution in [0, 0.1) is 5.82 Å². The Morgan fingerprint density at radius 2 is 2.12 bits per heavy atom. The molecule has 0 bridgehead atoms. The zero-order chi connectivity index (χ0) is 17.9. The molecule has 0 saturated carbocycles. The highest BCUT2D eigenvalue weighted by Crippen LogP contribution is 2.27. The second-order valence-electron chi connectivity index (χ2n) is 6.01. The van der Waals surface area contributed by atoms with E-state index < -0.39 is 11.4 Å². The summed E-state index contributed by atoms with van der Waals surface area (Å²) in [5.74, 6) is -0.836. The van der Waals surface area contributed by atoms with Gasteiger partial charge in [0.15, 0.2) is 5.60 Å². The highest BCUT2D eigenvalue weighted by Gasteiger charge is 2.37. The van der Waals surface area contributed by atoms with Crippen LogP contribution in [-0.2, 0) is 21.6 Å². The van der Waals surface area contributed by atoms with E-state index in [2.05, 4.69) is 15.5 Å². The lowest BCUT2D eigenvalue weighted by atomic mass is 9.94. The van der Waals surface area contributed by atoms with E-state index in [0.29, 0.717) is 13.0 Å². The van der Waals surface area contributed by atoms with Gasteiger partial charge in [0.25, 0.3) is 5.91 Å². The molecule has 0 aliphatic rings. The zero-order valence-corrected chi connectivity index (χ0v) is 14.2. The number of halogens is 1. The Kier molecular flexibility index (Phi) is 4.81. The smallest absolute Gasteiger partial charge is 0.256 e. The Morgan fingerprint density at radius 3 is 2.88 bits per heavy atom. The van der Waals surface area contributed by atoms with Gasteiger partial charge in [0.05, 0.1) is 11.7 Å². The van der Waals surface area contributed by atoms with Crippen molar-refractivity contribution in [3.8, 4) is 0 Å². The average Bonchev–Trinajstić information content (AvgIpc) is 3.09. The molecule has 0 fully saturated rings. The number of aromatic nitrogens is 2. The van der Waals surface area contributed by atoms with Gasteiger partial charge >= 0.3 is 0 Å². The molecule has 0 saturated heterocycles. The summed E-state index contributed by atoms with van der Waals surface area (Å²) in [7, 11) is 1.40. The second-order valence-corrected chi connectivity index (χ2v) is 6.01. The van der Waals surface area contributed by atoms with Gasteiger partial charge in [0.2, 0.25) is 0 Å². The van der Waals surface area contributed by atoms with E-state index in [0.717, 1.165) is 16.5 Å². The van der Waals surface area contributed by atoms with Crippen molar-refractivity contribution in [1.82, 2.24) is 15.5 Å². The molecule has 0 aliphatic heterocycles. The molecule has 130 valence electrons. The van der Waals surface area contributed by atoms with E-state index in [4.69, 9.17) is 4.74 Å². The molecule has 1 atom stereocenters. The predicted molar refractivity (Wildman–Crippen MR) is 93.6 cm³/mol. The molecule has 1 aromatic heterocycles. The van der Waals surface area contributed by atoms with E-state index in [1.54, 1.807) is 31.3 Å². The number of amides is 1. The first kappa shape index (κ1) is 17.1. The third-order valence-corrected chi connectivity index (χ3v) is 4.43. The van der Waals surface area contributed by atoms with Gasteiger partial charge in [-0.3, -0.25) is 9.89 Å². The fraction of sp³-hybridized carbons (Fsp3) is 0.263. The molecule has 3 rings (SSSR count). The number of rotatable bonds is 6. The lowest BCUT2D eigenvalue weighted by Gasteiger charge is -2.27. The first-order valence-corrected chi connectivity index (χ1v) is 8.05. The summed E-state index contributed by atoms with van der Waals surface area (Å²) in [5.41, 5.74) is 0.896. The van der Waals surface area contributed by atoms with E-state index >= 15 is 0 Å². The Hall–Kier alpha value is -2.73. The number of H-pyrrole nitrogens is 1. The van der Waals surface area contributed by atoms with Gasteiger partial charge in [-0.25, -0.2) is 4.39 Å². The Balaban J connectivity index is 1.67. The molecule has 1 unspecified atom stereocenters. The van der Waals surface area contributed by atoms with Crippen molar-refractivity contribution < 1.29 is 13.9 Å². The second kappa shape index (κ2) is 7.03. The molecule has 0 spiro atoms. The molecular weight excluding hydrogens is 321 g/mol. The zero-order valence-electron chi connectivity index (χ0n) is 14.2. The van der Waals surface area contributed by atoms with Crippen molar-refractivity contribution >= 4 is 16.8 Å². The third-order valence-electron chi connectivity index (χ3n) is 4.43. The Bertz CT molecular complexity index is 893. The highest BCUT2D eigenvalue weighted by atomic mass is 19.1. The van der Waals surface area contributed by atoms with E-state index in [9.17, 15) is 9.18 Å². The third kappa shape index (κ3) is 3.39. The van der Waals surface area contributed by atoms with Crippen LogP contribution in [0.1, 0.15) is 18.1 Å². The summed E-state index contributed by atoms with van der Waals surface area (Å²) < 4.78 is 19.4. The number of hydrogen-bond acceptors (Lipinski definition) is 3. The summed E-state index contributed by atoms with van der Waals surface area (Å²) >= 11 is 0.